The third-order valence-electron chi connectivity index (χ3n) is 3.74. The number of aliphatic hydroxyl groups is 2. The van der Waals surface area contributed by atoms with Gasteiger partial charge in [0, 0.05) is 6.20 Å². The molecule has 0 bridgehead atoms. The van der Waals surface area contributed by atoms with E-state index in [1.165, 1.54) is 0 Å². The van der Waals surface area contributed by atoms with Crippen LogP contribution in [-0.2, 0) is 9.53 Å². The van der Waals surface area contributed by atoms with Gasteiger partial charge in [0.15, 0.2) is 18.2 Å². The van der Waals surface area contributed by atoms with E-state index in [-0.39, 0.29) is 13.0 Å². The van der Waals surface area contributed by atoms with Crippen LogP contribution in [0.1, 0.15) is 12.5 Å². The third kappa shape index (κ3) is 3.76. The van der Waals surface area contributed by atoms with Crippen molar-refractivity contribution in [1.29, 1.82) is 0 Å². The highest BCUT2D eigenvalue weighted by molar-refractivity contribution is 5.83. The monoisotopic (exact) mass is 355 g/mol. The van der Waals surface area contributed by atoms with Crippen LogP contribution in [0.3, 0.4) is 0 Å². The molecule has 0 aliphatic heterocycles. The molecule has 1 aliphatic rings. The van der Waals surface area contributed by atoms with Gasteiger partial charge in [0.05, 0.1) is 18.1 Å². The maximum absolute atomic E-state index is 14.1. The Morgan fingerprint density at radius 1 is 1.48 bits per heavy atom. The van der Waals surface area contributed by atoms with Crippen LogP contribution in [0.25, 0.3) is 0 Å². The number of anilines is 1. The number of nitrogens with zero attached hydrogens (tertiary/aromatic N) is 2. The summed E-state index contributed by atoms with van der Waals surface area (Å²) in [7, 11) is 0. The standard InChI is InChI=1S/C14H14FN3O7/c1-2-3-25-14(24)17-11-7(15)5-18(13(23)16-11)8-4-6(12(21)22)9(19)10(8)20/h1,5-6,8-10,19-20H,3-4H2,(H,21,22)(H,16,17,23,24). The number of halogens is 1. The molecule has 0 spiro atoms. The maximum atomic E-state index is 14.1. The van der Waals surface area contributed by atoms with E-state index in [0.717, 1.165) is 0 Å². The molecular formula is C14H14FN3O7. The fraction of sp³-hybridized carbons (Fsp3) is 0.429. The summed E-state index contributed by atoms with van der Waals surface area (Å²) >= 11 is 0. The van der Waals surface area contributed by atoms with Crippen LogP contribution in [0.4, 0.5) is 15.0 Å². The molecule has 1 heterocycles. The molecule has 1 amide bonds. The molecule has 0 aromatic carbocycles. The quantitative estimate of drug-likeness (QED) is 0.499. The van der Waals surface area contributed by atoms with Crippen molar-refractivity contribution < 1.29 is 34.0 Å². The molecule has 1 saturated carbocycles. The second kappa shape index (κ2) is 7.29. The molecule has 10 nitrogen and oxygen atoms in total. The lowest BCUT2D eigenvalue weighted by Crippen LogP contribution is -2.36. The van der Waals surface area contributed by atoms with Crippen molar-refractivity contribution in [2.75, 3.05) is 11.9 Å². The highest BCUT2D eigenvalue weighted by Gasteiger charge is 2.46. The van der Waals surface area contributed by atoms with Gasteiger partial charge in [-0.25, -0.2) is 14.0 Å². The number of hydrogen-bond donors (Lipinski definition) is 4. The van der Waals surface area contributed by atoms with E-state index >= 15 is 0 Å². The molecule has 4 N–H and O–H groups in total. The predicted octanol–water partition coefficient (Wildman–Crippen LogP) is -1.07. The van der Waals surface area contributed by atoms with Gasteiger partial charge >= 0.3 is 17.8 Å². The first kappa shape index (κ1) is 18.4. The van der Waals surface area contributed by atoms with E-state index in [4.69, 9.17) is 11.5 Å². The number of terminal acetylenes is 1. The van der Waals surface area contributed by atoms with E-state index in [9.17, 15) is 29.0 Å². The lowest BCUT2D eigenvalue weighted by atomic mass is 10.1. The SMILES string of the molecule is C#CCOC(=O)Nc1nc(=O)n(C2CC(C(=O)O)C(O)C2O)cc1F. The Morgan fingerprint density at radius 3 is 2.72 bits per heavy atom. The molecule has 4 unspecified atom stereocenters. The Morgan fingerprint density at radius 2 is 2.16 bits per heavy atom. The van der Waals surface area contributed by atoms with Gasteiger partial charge in [-0.2, -0.15) is 4.98 Å². The van der Waals surface area contributed by atoms with Gasteiger partial charge in [-0.15, -0.1) is 6.42 Å². The van der Waals surface area contributed by atoms with E-state index in [1.807, 2.05) is 11.2 Å². The molecule has 25 heavy (non-hydrogen) atoms. The van der Waals surface area contributed by atoms with Crippen LogP contribution >= 0.6 is 0 Å². The van der Waals surface area contributed by atoms with Crippen LogP contribution in [-0.4, -0.2) is 55.7 Å². The fourth-order valence-electron chi connectivity index (χ4n) is 2.54. The lowest BCUT2D eigenvalue weighted by molar-refractivity contribution is -0.145. The summed E-state index contributed by atoms with van der Waals surface area (Å²) < 4.78 is 19.2. The van der Waals surface area contributed by atoms with Crippen molar-refractivity contribution in [3.63, 3.8) is 0 Å². The van der Waals surface area contributed by atoms with E-state index in [1.54, 1.807) is 0 Å². The minimum Gasteiger partial charge on any atom is -0.481 e. The van der Waals surface area contributed by atoms with Crippen molar-refractivity contribution in [2.24, 2.45) is 5.92 Å². The molecule has 1 aliphatic carbocycles. The molecule has 0 radical (unpaired) electrons. The first-order valence-corrected chi connectivity index (χ1v) is 7.01. The second-order valence-electron chi connectivity index (χ2n) is 5.26. The average Bonchev–Trinajstić information content (AvgIpc) is 2.84. The van der Waals surface area contributed by atoms with Crippen LogP contribution in [0, 0.1) is 24.1 Å². The molecule has 134 valence electrons. The van der Waals surface area contributed by atoms with E-state index in [2.05, 4.69) is 9.72 Å². The Balaban J connectivity index is 2.26. The second-order valence-corrected chi connectivity index (χ2v) is 5.26. The van der Waals surface area contributed by atoms with Crippen molar-refractivity contribution in [3.8, 4) is 12.3 Å². The van der Waals surface area contributed by atoms with Crippen LogP contribution in [0.5, 0.6) is 0 Å². The number of aromatic nitrogens is 2. The van der Waals surface area contributed by atoms with E-state index < -0.39 is 53.6 Å². The molecule has 1 aromatic rings. The summed E-state index contributed by atoms with van der Waals surface area (Å²) in [6, 6.07) is -1.19. The average molecular weight is 355 g/mol. The number of rotatable bonds is 4. The van der Waals surface area contributed by atoms with Crippen molar-refractivity contribution >= 4 is 17.9 Å². The summed E-state index contributed by atoms with van der Waals surface area (Å²) in [4.78, 5) is 37.7. The highest BCUT2D eigenvalue weighted by atomic mass is 19.1. The number of ether oxygens (including phenoxy) is 1. The summed E-state index contributed by atoms with van der Waals surface area (Å²) in [5, 5.41) is 30.5. The van der Waals surface area contributed by atoms with Gasteiger partial charge in [-0.05, 0) is 6.42 Å². The smallest absolute Gasteiger partial charge is 0.413 e. The zero-order valence-corrected chi connectivity index (χ0v) is 12.6. The summed E-state index contributed by atoms with van der Waals surface area (Å²) in [6.45, 7) is -0.368. The zero-order chi connectivity index (χ0) is 18.7. The van der Waals surface area contributed by atoms with Gasteiger partial charge in [0.1, 0.15) is 6.10 Å². The first-order valence-electron chi connectivity index (χ1n) is 7.01. The molecule has 1 aromatic heterocycles. The van der Waals surface area contributed by atoms with Gasteiger partial charge in [0.2, 0.25) is 0 Å². The van der Waals surface area contributed by atoms with Gasteiger partial charge in [0.25, 0.3) is 0 Å². The minimum atomic E-state index is -1.62. The number of nitrogens with one attached hydrogen (secondary N) is 1. The normalized spacial score (nSPS) is 25.2. The number of carboxylic acids is 1. The van der Waals surface area contributed by atoms with E-state index in [0.29, 0.717) is 10.8 Å². The molecule has 1 fully saturated rings. The van der Waals surface area contributed by atoms with Crippen LogP contribution in [0.2, 0.25) is 0 Å². The largest absolute Gasteiger partial charge is 0.481 e. The van der Waals surface area contributed by atoms with Gasteiger partial charge in [-0.1, -0.05) is 5.92 Å². The van der Waals surface area contributed by atoms with Gasteiger partial charge in [-0.3, -0.25) is 14.7 Å². The summed E-state index contributed by atoms with van der Waals surface area (Å²) in [5.41, 5.74) is -1.06. The number of hydrogen-bond acceptors (Lipinski definition) is 7. The predicted molar refractivity (Wildman–Crippen MR) is 79.1 cm³/mol. The molecule has 11 heteroatoms. The maximum Gasteiger partial charge on any atom is 0.413 e. The number of carbonyl (C=O) groups excluding carboxylic acids is 1. The number of carboxylic acid groups (broad SMARTS) is 1. The van der Waals surface area contributed by atoms with Crippen LogP contribution in [0.15, 0.2) is 11.0 Å². The number of carbonyl (C=O) groups is 2. The Bertz CT molecular complexity index is 788. The number of amides is 1. The van der Waals surface area contributed by atoms with Crippen LogP contribution < -0.4 is 11.0 Å². The number of aliphatic hydroxyl groups excluding tert-OH is 2. The lowest BCUT2D eigenvalue weighted by Gasteiger charge is -2.19. The molecular weight excluding hydrogens is 341 g/mol. The zero-order valence-electron chi connectivity index (χ0n) is 12.6. The Kier molecular flexibility index (Phi) is 5.35. The first-order chi connectivity index (χ1) is 11.8. The molecule has 0 saturated heterocycles. The molecule has 2 rings (SSSR count). The summed E-state index contributed by atoms with van der Waals surface area (Å²) in [6.07, 6.45) is 0.904. The van der Waals surface area contributed by atoms with Crippen molar-refractivity contribution in [3.05, 3.63) is 22.5 Å². The highest BCUT2D eigenvalue weighted by Crippen LogP contribution is 2.35. The fourth-order valence-corrected chi connectivity index (χ4v) is 2.54. The molecule has 4 atom stereocenters. The Labute approximate surface area is 139 Å². The number of aliphatic carboxylic acids is 1. The minimum absolute atomic E-state index is 0.296. The topological polar surface area (TPSA) is 151 Å². The third-order valence-corrected chi connectivity index (χ3v) is 3.74. The van der Waals surface area contributed by atoms with Crippen molar-refractivity contribution in [1.82, 2.24) is 9.55 Å². The summed E-state index contributed by atoms with van der Waals surface area (Å²) in [5.74, 6) is -2.50. The van der Waals surface area contributed by atoms with Crippen molar-refractivity contribution in [2.45, 2.75) is 24.7 Å². The Hall–Kier alpha value is -2.97. The van der Waals surface area contributed by atoms with Gasteiger partial charge < -0.3 is 20.1 Å².